The third-order valence-electron chi connectivity index (χ3n) is 1.19. The molecule has 0 unspecified atom stereocenters. The van der Waals surface area contributed by atoms with E-state index in [-0.39, 0.29) is 11.3 Å². The van der Waals surface area contributed by atoms with Gasteiger partial charge in [0.1, 0.15) is 17.4 Å². The molecule has 50 valence electrons. The van der Waals surface area contributed by atoms with Gasteiger partial charge in [0.15, 0.2) is 0 Å². The number of nitrogens with zero attached hydrogens (tertiary/aromatic N) is 1. The van der Waals surface area contributed by atoms with Crippen LogP contribution in [0.3, 0.4) is 0 Å². The summed E-state index contributed by atoms with van der Waals surface area (Å²) in [5.74, 6) is -0.0671. The van der Waals surface area contributed by atoms with Gasteiger partial charge in [0.2, 0.25) is 0 Å². The van der Waals surface area contributed by atoms with Crippen LogP contribution in [0, 0.1) is 11.3 Å². The molecule has 0 spiro atoms. The summed E-state index contributed by atoms with van der Waals surface area (Å²) in [6.07, 6.45) is 0. The molecule has 1 aromatic carbocycles. The monoisotopic (exact) mass is 134 g/mol. The minimum Gasteiger partial charge on any atom is -0.506 e. The third-order valence-corrected chi connectivity index (χ3v) is 1.19. The molecule has 0 amide bonds. The largest absolute Gasteiger partial charge is 0.506 e. The predicted octanol–water partition coefficient (Wildman–Crippen LogP) is 0.846. The van der Waals surface area contributed by atoms with Crippen molar-refractivity contribution in [3.63, 3.8) is 0 Å². The van der Waals surface area contributed by atoms with Crippen molar-refractivity contribution < 1.29 is 5.11 Å². The molecular formula is C7H6N2O. The highest BCUT2D eigenvalue weighted by atomic mass is 16.3. The van der Waals surface area contributed by atoms with E-state index in [2.05, 4.69) is 0 Å². The van der Waals surface area contributed by atoms with Crippen LogP contribution in [0.25, 0.3) is 0 Å². The fraction of sp³-hybridized carbons (Fsp3) is 0. The van der Waals surface area contributed by atoms with Crippen LogP contribution in [-0.2, 0) is 0 Å². The molecule has 1 aromatic rings. The smallest absolute Gasteiger partial charge is 0.135 e. The molecular weight excluding hydrogens is 128 g/mol. The Morgan fingerprint density at radius 1 is 1.50 bits per heavy atom. The summed E-state index contributed by atoms with van der Waals surface area (Å²) in [6, 6.07) is 6.37. The molecule has 3 heteroatoms. The van der Waals surface area contributed by atoms with Crippen molar-refractivity contribution >= 4 is 5.69 Å². The Labute approximate surface area is 58.3 Å². The maximum Gasteiger partial charge on any atom is 0.135 e. The van der Waals surface area contributed by atoms with Crippen molar-refractivity contribution in [3.05, 3.63) is 23.8 Å². The van der Waals surface area contributed by atoms with Crippen LogP contribution in [0.15, 0.2) is 18.2 Å². The molecule has 0 bridgehead atoms. The molecule has 10 heavy (non-hydrogen) atoms. The number of aromatic hydroxyl groups is 1. The molecule has 1 rings (SSSR count). The summed E-state index contributed by atoms with van der Waals surface area (Å²) in [5.41, 5.74) is 5.80. The maximum absolute atomic E-state index is 8.99. The molecule has 0 aliphatic rings. The van der Waals surface area contributed by atoms with Gasteiger partial charge >= 0.3 is 0 Å². The number of rotatable bonds is 0. The average molecular weight is 134 g/mol. The minimum atomic E-state index is -0.0671. The molecule has 0 saturated heterocycles. The Morgan fingerprint density at radius 2 is 2.20 bits per heavy atom. The van der Waals surface area contributed by atoms with Gasteiger partial charge in [-0.05, 0) is 12.1 Å². The van der Waals surface area contributed by atoms with E-state index in [1.807, 2.05) is 0 Å². The molecule has 0 saturated carbocycles. The summed E-state index contributed by atoms with van der Waals surface area (Å²) in [7, 11) is 0. The number of benzene rings is 1. The van der Waals surface area contributed by atoms with Gasteiger partial charge in [0, 0.05) is 0 Å². The molecule has 0 fully saturated rings. The summed E-state index contributed by atoms with van der Waals surface area (Å²) in [6.45, 7) is 0. The zero-order valence-corrected chi connectivity index (χ0v) is 5.20. The van der Waals surface area contributed by atoms with Crippen LogP contribution >= 0.6 is 0 Å². The molecule has 0 aliphatic carbocycles. The van der Waals surface area contributed by atoms with Crippen LogP contribution in [0.2, 0.25) is 0 Å². The van der Waals surface area contributed by atoms with Crippen molar-refractivity contribution in [1.29, 1.82) is 5.26 Å². The van der Waals surface area contributed by atoms with Crippen molar-refractivity contribution in [2.24, 2.45) is 0 Å². The van der Waals surface area contributed by atoms with E-state index in [0.717, 1.165) is 0 Å². The van der Waals surface area contributed by atoms with Crippen molar-refractivity contribution in [3.8, 4) is 11.8 Å². The standard InChI is InChI=1S/C7H6N2O/c8-4-5-6(9)2-1-3-7(5)10/h1-3,10H,9H2. The summed E-state index contributed by atoms with van der Waals surface area (Å²) in [4.78, 5) is 0. The molecule has 0 heterocycles. The van der Waals surface area contributed by atoms with Crippen LogP contribution < -0.4 is 5.73 Å². The number of nitrogens with two attached hydrogens (primary N) is 1. The summed E-state index contributed by atoms with van der Waals surface area (Å²) < 4.78 is 0. The Bertz CT molecular complexity index is 268. The Morgan fingerprint density at radius 3 is 2.60 bits per heavy atom. The lowest BCUT2D eigenvalue weighted by atomic mass is 10.2. The number of hydrogen-bond acceptors (Lipinski definition) is 3. The molecule has 0 aliphatic heterocycles. The summed E-state index contributed by atoms with van der Waals surface area (Å²) >= 11 is 0. The van der Waals surface area contributed by atoms with Gasteiger partial charge in [0.25, 0.3) is 0 Å². The maximum atomic E-state index is 8.99. The van der Waals surface area contributed by atoms with E-state index < -0.39 is 0 Å². The van der Waals surface area contributed by atoms with Crippen LogP contribution in [0.1, 0.15) is 5.56 Å². The summed E-state index contributed by atoms with van der Waals surface area (Å²) in [5, 5.41) is 17.4. The Kier molecular flexibility index (Phi) is 1.46. The first kappa shape index (κ1) is 6.43. The van der Waals surface area contributed by atoms with Crippen LogP contribution in [0.5, 0.6) is 5.75 Å². The predicted molar refractivity (Wildman–Crippen MR) is 37.2 cm³/mol. The fourth-order valence-electron chi connectivity index (χ4n) is 0.679. The number of nitrogen functional groups attached to an aromatic ring is 1. The lowest BCUT2D eigenvalue weighted by Crippen LogP contribution is -1.88. The van der Waals surface area contributed by atoms with Gasteiger partial charge in [-0.2, -0.15) is 5.26 Å². The number of phenolic OH excluding ortho intramolecular Hbond substituents is 1. The molecule has 0 aromatic heterocycles. The van der Waals surface area contributed by atoms with Crippen molar-refractivity contribution in [2.45, 2.75) is 0 Å². The second-order valence-corrected chi connectivity index (χ2v) is 1.85. The SMILES string of the molecule is N#Cc1c(N)cccc1O. The number of anilines is 1. The second kappa shape index (κ2) is 2.28. The lowest BCUT2D eigenvalue weighted by molar-refractivity contribution is 0.474. The quantitative estimate of drug-likeness (QED) is 0.516. The van der Waals surface area contributed by atoms with Crippen molar-refractivity contribution in [2.75, 3.05) is 5.73 Å². The van der Waals surface area contributed by atoms with E-state index in [1.54, 1.807) is 18.2 Å². The topological polar surface area (TPSA) is 70.0 Å². The van der Waals surface area contributed by atoms with Gasteiger partial charge in [0.05, 0.1) is 5.69 Å². The average Bonchev–Trinajstić information content (AvgIpc) is 1.88. The van der Waals surface area contributed by atoms with E-state index in [4.69, 9.17) is 16.1 Å². The van der Waals surface area contributed by atoms with Gasteiger partial charge in [-0.1, -0.05) is 6.07 Å². The van der Waals surface area contributed by atoms with Crippen LogP contribution in [0.4, 0.5) is 5.69 Å². The fourth-order valence-corrected chi connectivity index (χ4v) is 0.679. The Hall–Kier alpha value is -1.69. The highest BCUT2D eigenvalue weighted by Gasteiger charge is 2.01. The van der Waals surface area contributed by atoms with E-state index in [1.165, 1.54) is 6.07 Å². The van der Waals surface area contributed by atoms with E-state index >= 15 is 0 Å². The van der Waals surface area contributed by atoms with Crippen molar-refractivity contribution in [1.82, 2.24) is 0 Å². The molecule has 3 N–H and O–H groups in total. The van der Waals surface area contributed by atoms with Gasteiger partial charge in [-0.25, -0.2) is 0 Å². The van der Waals surface area contributed by atoms with E-state index in [9.17, 15) is 0 Å². The van der Waals surface area contributed by atoms with E-state index in [0.29, 0.717) is 5.69 Å². The zero-order chi connectivity index (χ0) is 7.56. The second-order valence-electron chi connectivity index (χ2n) is 1.85. The first-order valence-electron chi connectivity index (χ1n) is 2.73. The molecule has 0 atom stereocenters. The number of phenols is 1. The number of hydrogen-bond donors (Lipinski definition) is 2. The first-order chi connectivity index (χ1) is 4.75. The minimum absolute atomic E-state index is 0.0671. The highest BCUT2D eigenvalue weighted by molar-refractivity contribution is 5.60. The lowest BCUT2D eigenvalue weighted by Gasteiger charge is -1.96. The normalized spacial score (nSPS) is 8.70. The highest BCUT2D eigenvalue weighted by Crippen LogP contribution is 2.20. The van der Waals surface area contributed by atoms with Gasteiger partial charge in [-0.15, -0.1) is 0 Å². The van der Waals surface area contributed by atoms with Gasteiger partial charge < -0.3 is 10.8 Å². The first-order valence-corrected chi connectivity index (χ1v) is 2.73. The zero-order valence-electron chi connectivity index (χ0n) is 5.20. The van der Waals surface area contributed by atoms with Crippen LogP contribution in [-0.4, -0.2) is 5.11 Å². The third kappa shape index (κ3) is 0.869. The molecule has 0 radical (unpaired) electrons. The number of nitriles is 1. The van der Waals surface area contributed by atoms with Gasteiger partial charge in [-0.3, -0.25) is 0 Å². The molecule has 3 nitrogen and oxygen atoms in total. The Balaban J connectivity index is 3.34.